The molecule has 1 aliphatic rings. The van der Waals surface area contributed by atoms with E-state index < -0.39 is 5.91 Å². The third-order valence-corrected chi connectivity index (χ3v) is 5.64. The maximum atomic E-state index is 13.2. The molecule has 0 atom stereocenters. The zero-order valence-corrected chi connectivity index (χ0v) is 18.6. The van der Waals surface area contributed by atoms with Gasteiger partial charge < -0.3 is 15.0 Å². The molecule has 0 bridgehead atoms. The number of aromatic nitrogens is 2. The van der Waals surface area contributed by atoms with E-state index in [0.717, 1.165) is 18.8 Å². The van der Waals surface area contributed by atoms with Gasteiger partial charge in [-0.05, 0) is 61.5 Å². The number of carbonyl (C=O) groups excluding carboxylic acids is 1. The Bertz CT molecular complexity index is 1220. The maximum Gasteiger partial charge on any atom is 0.266 e. The van der Waals surface area contributed by atoms with Crippen molar-refractivity contribution in [3.63, 3.8) is 0 Å². The lowest BCUT2D eigenvalue weighted by Gasteiger charge is -2.28. The van der Waals surface area contributed by atoms with Crippen LogP contribution in [0.4, 0.5) is 15.8 Å². The molecule has 33 heavy (non-hydrogen) atoms. The van der Waals surface area contributed by atoms with Crippen LogP contribution in [-0.4, -0.2) is 42.0 Å². The highest BCUT2D eigenvalue weighted by atomic mass is 35.5. The van der Waals surface area contributed by atoms with Gasteiger partial charge in [0.15, 0.2) is 0 Å². The van der Waals surface area contributed by atoms with Crippen LogP contribution in [0.15, 0.2) is 54.1 Å². The summed E-state index contributed by atoms with van der Waals surface area (Å²) in [5, 5.41) is 16.9. The number of carbonyl (C=O) groups is 1. The molecule has 1 N–H and O–H groups in total. The van der Waals surface area contributed by atoms with E-state index in [9.17, 15) is 14.4 Å². The van der Waals surface area contributed by atoms with Gasteiger partial charge in [0.2, 0.25) is 0 Å². The predicted octanol–water partition coefficient (Wildman–Crippen LogP) is 4.36. The molecule has 168 valence electrons. The van der Waals surface area contributed by atoms with Crippen molar-refractivity contribution < 1.29 is 13.9 Å². The standard InChI is InChI=1S/C24H21ClFN5O2/c1-16-22(23(25)31(29-16)21-6-2-18(26)3-7-21)14-17(15-27)24(32)28-19-4-8-20(9-5-19)30-10-12-33-13-11-30/h2-9,14H,10-13H2,1H3,(H,28,32)/b17-14+. The summed E-state index contributed by atoms with van der Waals surface area (Å²) in [6, 6.07) is 15.0. The van der Waals surface area contributed by atoms with E-state index >= 15 is 0 Å². The number of halogens is 2. The molecule has 0 unspecified atom stereocenters. The summed E-state index contributed by atoms with van der Waals surface area (Å²) in [5.74, 6) is -0.929. The number of nitrogens with one attached hydrogen (secondary N) is 1. The fourth-order valence-electron chi connectivity index (χ4n) is 3.50. The normalized spacial score (nSPS) is 14.1. The highest BCUT2D eigenvalue weighted by Crippen LogP contribution is 2.26. The smallest absolute Gasteiger partial charge is 0.266 e. The highest BCUT2D eigenvalue weighted by Gasteiger charge is 2.17. The minimum absolute atomic E-state index is 0.115. The van der Waals surface area contributed by atoms with Gasteiger partial charge in [0.05, 0.1) is 24.6 Å². The van der Waals surface area contributed by atoms with Gasteiger partial charge in [0.1, 0.15) is 22.6 Å². The number of aryl methyl sites for hydroxylation is 1. The van der Waals surface area contributed by atoms with Crippen LogP contribution in [-0.2, 0) is 9.53 Å². The summed E-state index contributed by atoms with van der Waals surface area (Å²) in [5.41, 5.74) is 3.03. The Morgan fingerprint density at radius 1 is 1.15 bits per heavy atom. The Balaban J connectivity index is 1.52. The van der Waals surface area contributed by atoms with E-state index in [1.807, 2.05) is 18.2 Å². The number of ether oxygens (including phenoxy) is 1. The molecule has 1 fully saturated rings. The number of nitriles is 1. The van der Waals surface area contributed by atoms with Crippen LogP contribution in [0.3, 0.4) is 0 Å². The van der Waals surface area contributed by atoms with Crippen molar-refractivity contribution in [2.24, 2.45) is 0 Å². The van der Waals surface area contributed by atoms with E-state index in [1.54, 1.807) is 31.2 Å². The summed E-state index contributed by atoms with van der Waals surface area (Å²) < 4.78 is 20.0. The summed E-state index contributed by atoms with van der Waals surface area (Å²) in [7, 11) is 0. The molecule has 0 saturated carbocycles. The lowest BCUT2D eigenvalue weighted by molar-refractivity contribution is -0.112. The van der Waals surface area contributed by atoms with Crippen molar-refractivity contribution in [1.29, 1.82) is 5.26 Å². The Hall–Kier alpha value is -3.67. The first-order valence-electron chi connectivity index (χ1n) is 10.3. The second-order valence-corrected chi connectivity index (χ2v) is 7.81. The van der Waals surface area contributed by atoms with Crippen molar-refractivity contribution >= 4 is 35.0 Å². The molecule has 0 radical (unpaired) electrons. The molecule has 7 nitrogen and oxygen atoms in total. The van der Waals surface area contributed by atoms with Crippen molar-refractivity contribution in [2.45, 2.75) is 6.92 Å². The lowest BCUT2D eigenvalue weighted by atomic mass is 10.1. The second kappa shape index (κ2) is 9.86. The van der Waals surface area contributed by atoms with Gasteiger partial charge in [-0.1, -0.05) is 11.6 Å². The summed E-state index contributed by atoms with van der Waals surface area (Å²) in [6.07, 6.45) is 1.40. The second-order valence-electron chi connectivity index (χ2n) is 7.45. The van der Waals surface area contributed by atoms with E-state index in [2.05, 4.69) is 15.3 Å². The summed E-state index contributed by atoms with van der Waals surface area (Å²) >= 11 is 6.47. The van der Waals surface area contributed by atoms with Gasteiger partial charge in [-0.25, -0.2) is 9.07 Å². The topological polar surface area (TPSA) is 83.2 Å². The molecule has 2 aromatic carbocycles. The number of hydrogen-bond donors (Lipinski definition) is 1. The minimum Gasteiger partial charge on any atom is -0.378 e. The van der Waals surface area contributed by atoms with E-state index in [1.165, 1.54) is 22.9 Å². The quantitative estimate of drug-likeness (QED) is 0.447. The van der Waals surface area contributed by atoms with Crippen LogP contribution in [0.5, 0.6) is 0 Å². The van der Waals surface area contributed by atoms with Crippen LogP contribution in [0.25, 0.3) is 11.8 Å². The monoisotopic (exact) mass is 465 g/mol. The number of nitrogens with zero attached hydrogens (tertiary/aromatic N) is 4. The Labute approximate surface area is 195 Å². The molecule has 9 heteroatoms. The highest BCUT2D eigenvalue weighted by molar-refractivity contribution is 6.31. The van der Waals surface area contributed by atoms with Crippen molar-refractivity contribution in [2.75, 3.05) is 36.5 Å². The molecule has 0 spiro atoms. The first-order chi connectivity index (χ1) is 16.0. The van der Waals surface area contributed by atoms with Crippen LogP contribution in [0.1, 0.15) is 11.3 Å². The lowest BCUT2D eigenvalue weighted by Crippen LogP contribution is -2.36. The fourth-order valence-corrected chi connectivity index (χ4v) is 3.82. The van der Waals surface area contributed by atoms with Gasteiger partial charge >= 0.3 is 0 Å². The Morgan fingerprint density at radius 2 is 1.79 bits per heavy atom. The summed E-state index contributed by atoms with van der Waals surface area (Å²) in [6.45, 7) is 4.73. The van der Waals surface area contributed by atoms with E-state index in [4.69, 9.17) is 16.3 Å². The fraction of sp³-hybridized carbons (Fsp3) is 0.208. The molecule has 2 heterocycles. The van der Waals surface area contributed by atoms with Gasteiger partial charge in [-0.2, -0.15) is 10.4 Å². The summed E-state index contributed by atoms with van der Waals surface area (Å²) in [4.78, 5) is 14.9. The van der Waals surface area contributed by atoms with Crippen LogP contribution in [0, 0.1) is 24.1 Å². The van der Waals surface area contributed by atoms with Crippen LogP contribution in [0.2, 0.25) is 5.15 Å². The average molecular weight is 466 g/mol. The molecule has 1 amide bonds. The first-order valence-corrected chi connectivity index (χ1v) is 10.7. The molecule has 3 aromatic rings. The SMILES string of the molecule is Cc1nn(-c2ccc(F)cc2)c(Cl)c1/C=C(\C#N)C(=O)Nc1ccc(N2CCOCC2)cc1. The van der Waals surface area contributed by atoms with Crippen molar-refractivity contribution in [1.82, 2.24) is 9.78 Å². The number of hydrogen-bond acceptors (Lipinski definition) is 5. The van der Waals surface area contributed by atoms with Gasteiger partial charge in [-0.3, -0.25) is 4.79 Å². The number of benzene rings is 2. The number of morpholine rings is 1. The van der Waals surface area contributed by atoms with Crippen molar-refractivity contribution in [3.8, 4) is 11.8 Å². The van der Waals surface area contributed by atoms with Gasteiger partial charge in [0, 0.05) is 30.0 Å². The van der Waals surface area contributed by atoms with Gasteiger partial charge in [0.25, 0.3) is 5.91 Å². The molecule has 4 rings (SSSR count). The van der Waals surface area contributed by atoms with Crippen LogP contribution < -0.4 is 10.2 Å². The Morgan fingerprint density at radius 3 is 2.42 bits per heavy atom. The largest absolute Gasteiger partial charge is 0.378 e. The molecular weight excluding hydrogens is 445 g/mol. The molecular formula is C24H21ClFN5O2. The maximum absolute atomic E-state index is 13.2. The predicted molar refractivity (Wildman–Crippen MR) is 125 cm³/mol. The molecule has 1 aromatic heterocycles. The Kier molecular flexibility index (Phi) is 6.73. The average Bonchev–Trinajstić information content (AvgIpc) is 3.12. The number of anilines is 2. The third-order valence-electron chi connectivity index (χ3n) is 5.27. The van der Waals surface area contributed by atoms with Crippen LogP contribution >= 0.6 is 11.6 Å². The number of rotatable bonds is 5. The van der Waals surface area contributed by atoms with E-state index in [-0.39, 0.29) is 16.5 Å². The molecule has 1 aliphatic heterocycles. The zero-order chi connectivity index (χ0) is 23.4. The molecule has 0 aliphatic carbocycles. The minimum atomic E-state index is -0.554. The van der Waals surface area contributed by atoms with E-state index in [0.29, 0.717) is 35.8 Å². The van der Waals surface area contributed by atoms with Crippen molar-refractivity contribution in [3.05, 3.63) is 76.3 Å². The van der Waals surface area contributed by atoms with Gasteiger partial charge in [-0.15, -0.1) is 0 Å². The zero-order valence-electron chi connectivity index (χ0n) is 17.9. The number of amides is 1. The third kappa shape index (κ3) is 5.06. The molecule has 1 saturated heterocycles. The first kappa shape index (κ1) is 22.5.